The zero-order valence-electron chi connectivity index (χ0n) is 28.0. The molecule has 0 N–H and O–H groups in total. The summed E-state index contributed by atoms with van der Waals surface area (Å²) in [5.74, 6) is 2.32. The van der Waals surface area contributed by atoms with E-state index in [4.69, 9.17) is 4.43 Å². The average molecular weight is 620 g/mol. The van der Waals surface area contributed by atoms with E-state index >= 15 is 0 Å². The van der Waals surface area contributed by atoms with E-state index in [2.05, 4.69) is 104 Å². The Labute approximate surface area is 252 Å². The van der Waals surface area contributed by atoms with Crippen LogP contribution in [0.5, 0.6) is 0 Å². The highest BCUT2D eigenvalue weighted by Gasteiger charge is 2.68. The van der Waals surface area contributed by atoms with Gasteiger partial charge in [0.25, 0.3) is 0 Å². The molecule has 0 aromatic carbocycles. The van der Waals surface area contributed by atoms with Crippen LogP contribution in [0.4, 0.5) is 0 Å². The Morgan fingerprint density at radius 1 is 0.872 bits per heavy atom. The molecule has 5 aliphatic rings. The van der Waals surface area contributed by atoms with Crippen LogP contribution < -0.4 is 0 Å². The fourth-order valence-electron chi connectivity index (χ4n) is 11.3. The van der Waals surface area contributed by atoms with Crippen LogP contribution in [0.25, 0.3) is 0 Å². The summed E-state index contributed by atoms with van der Waals surface area (Å²) >= 11 is 4.07. The fraction of sp³-hybridized carbons (Fsp3) is 0.944. The second-order valence-corrected chi connectivity index (χ2v) is 24.3. The lowest BCUT2D eigenvalue weighted by atomic mass is 9.33. The molecule has 3 heteroatoms. The van der Waals surface area contributed by atoms with Gasteiger partial charge in [-0.1, -0.05) is 96.8 Å². The lowest BCUT2D eigenvalue weighted by molar-refractivity contribution is -0.200. The summed E-state index contributed by atoms with van der Waals surface area (Å²) in [5.41, 5.74) is 4.27. The maximum atomic E-state index is 7.24. The molecule has 39 heavy (non-hydrogen) atoms. The maximum Gasteiger partial charge on any atom is 0.192 e. The Morgan fingerprint density at radius 2 is 1.51 bits per heavy atom. The topological polar surface area (TPSA) is 9.23 Å². The molecule has 5 rings (SSSR count). The van der Waals surface area contributed by atoms with E-state index < -0.39 is 8.32 Å². The molecular weight excluding hydrogens is 556 g/mol. The van der Waals surface area contributed by atoms with Gasteiger partial charge in [0.2, 0.25) is 0 Å². The molecule has 0 bridgehead atoms. The third-order valence-corrected chi connectivity index (χ3v) is 20.9. The normalized spacial score (nSPS) is 47.3. The third-order valence-electron chi connectivity index (χ3n) is 15.3. The van der Waals surface area contributed by atoms with Crippen LogP contribution in [0, 0.1) is 50.2 Å². The molecule has 0 unspecified atom stereocenters. The van der Waals surface area contributed by atoms with Gasteiger partial charge in [0.15, 0.2) is 8.32 Å². The first-order chi connectivity index (χ1) is 17.7. The Kier molecular flexibility index (Phi) is 7.28. The SMILES string of the molecule is CC1(C)CC[C@]2(CBr)CC[C@]3(C)C(=CC[C@@H]4[C@@]5(C)CC[C@H](O[Si](C)(C)C(C)(C)C)C(C)(C)[C@@H]5CC[C@]43C)[C@@H]2C1. The van der Waals surface area contributed by atoms with E-state index in [0.717, 1.165) is 17.8 Å². The molecule has 5 aliphatic carbocycles. The Balaban J connectivity index is 1.49. The minimum absolute atomic E-state index is 0.236. The molecule has 0 aromatic heterocycles. The van der Waals surface area contributed by atoms with Gasteiger partial charge in [-0.15, -0.1) is 0 Å². The standard InChI is InChI=1S/C36H63BrOSi/c1-30(2,3)39(11,12)38-29-16-17-33(8)27(32(29,6)7)15-18-35(10)28(33)14-13-25-26-23-31(4,5)19-21-36(26,24-37)22-20-34(25,35)9/h13,26-29H,14-24H2,1-12H3/t26-,27-,28+,29-,33-,34+,35+,36+/m0/s1. The lowest BCUT2D eigenvalue weighted by Crippen LogP contribution is -2.65. The average Bonchev–Trinajstić information content (AvgIpc) is 2.80. The van der Waals surface area contributed by atoms with Crippen molar-refractivity contribution < 1.29 is 4.43 Å². The number of hydrogen-bond donors (Lipinski definition) is 0. The molecule has 0 aromatic rings. The van der Waals surface area contributed by atoms with E-state index in [0.29, 0.717) is 33.2 Å². The second kappa shape index (κ2) is 9.20. The van der Waals surface area contributed by atoms with Gasteiger partial charge in [0, 0.05) is 5.33 Å². The van der Waals surface area contributed by atoms with Gasteiger partial charge in [0.1, 0.15) is 0 Å². The highest BCUT2D eigenvalue weighted by molar-refractivity contribution is 9.09. The summed E-state index contributed by atoms with van der Waals surface area (Å²) in [4.78, 5) is 0. The summed E-state index contributed by atoms with van der Waals surface area (Å²) in [6.45, 7) is 30.7. The number of rotatable bonds is 3. The van der Waals surface area contributed by atoms with Crippen molar-refractivity contribution in [2.75, 3.05) is 5.33 Å². The van der Waals surface area contributed by atoms with E-state index in [-0.39, 0.29) is 10.5 Å². The molecule has 4 fully saturated rings. The second-order valence-electron chi connectivity index (χ2n) is 18.9. The quantitative estimate of drug-likeness (QED) is 0.173. The highest BCUT2D eigenvalue weighted by Crippen LogP contribution is 2.76. The number of hydrogen-bond acceptors (Lipinski definition) is 1. The molecule has 0 heterocycles. The van der Waals surface area contributed by atoms with E-state index in [9.17, 15) is 0 Å². The van der Waals surface area contributed by atoms with Crippen molar-refractivity contribution in [1.29, 1.82) is 0 Å². The number of halogens is 1. The summed E-state index contributed by atoms with van der Waals surface area (Å²) in [6.07, 6.45) is 17.0. The van der Waals surface area contributed by atoms with E-state index in [1.54, 1.807) is 0 Å². The highest BCUT2D eigenvalue weighted by atomic mass is 79.9. The Morgan fingerprint density at radius 3 is 2.13 bits per heavy atom. The molecule has 0 saturated heterocycles. The number of fused-ring (bicyclic) bond motifs is 7. The third kappa shape index (κ3) is 4.33. The van der Waals surface area contributed by atoms with Crippen molar-refractivity contribution in [2.24, 2.45) is 50.2 Å². The van der Waals surface area contributed by atoms with Gasteiger partial charge in [-0.3, -0.25) is 0 Å². The van der Waals surface area contributed by atoms with Crippen molar-refractivity contribution in [3.63, 3.8) is 0 Å². The summed E-state index contributed by atoms with van der Waals surface area (Å²) in [6, 6.07) is 0. The molecule has 1 nitrogen and oxygen atoms in total. The van der Waals surface area contributed by atoms with Crippen molar-refractivity contribution in [3.05, 3.63) is 11.6 Å². The zero-order valence-corrected chi connectivity index (χ0v) is 30.5. The van der Waals surface area contributed by atoms with Crippen LogP contribution in [-0.4, -0.2) is 19.8 Å². The van der Waals surface area contributed by atoms with Crippen LogP contribution in [0.15, 0.2) is 11.6 Å². The molecule has 4 saturated carbocycles. The minimum atomic E-state index is -1.80. The summed E-state index contributed by atoms with van der Waals surface area (Å²) in [5, 5.41) is 1.46. The molecule has 0 radical (unpaired) electrons. The monoisotopic (exact) mass is 618 g/mol. The minimum Gasteiger partial charge on any atom is -0.413 e. The van der Waals surface area contributed by atoms with Crippen LogP contribution in [-0.2, 0) is 4.43 Å². The molecule has 224 valence electrons. The molecular formula is C36H63BrOSi. The van der Waals surface area contributed by atoms with Crippen LogP contribution in [0.2, 0.25) is 18.1 Å². The number of allylic oxidation sites excluding steroid dienone is 2. The lowest BCUT2D eigenvalue weighted by Gasteiger charge is -2.72. The van der Waals surface area contributed by atoms with Crippen molar-refractivity contribution in [2.45, 2.75) is 158 Å². The van der Waals surface area contributed by atoms with Crippen molar-refractivity contribution in [3.8, 4) is 0 Å². The first-order valence-electron chi connectivity index (χ1n) is 16.6. The van der Waals surface area contributed by atoms with Gasteiger partial charge in [0.05, 0.1) is 6.10 Å². The predicted octanol–water partition coefficient (Wildman–Crippen LogP) is 11.6. The first kappa shape index (κ1) is 30.8. The van der Waals surface area contributed by atoms with Gasteiger partial charge < -0.3 is 4.43 Å². The summed E-state index contributed by atoms with van der Waals surface area (Å²) in [7, 11) is -1.80. The van der Waals surface area contributed by atoms with Crippen LogP contribution in [0.1, 0.15) is 133 Å². The fourth-order valence-corrected chi connectivity index (χ4v) is 13.8. The van der Waals surface area contributed by atoms with Gasteiger partial charge >= 0.3 is 0 Å². The van der Waals surface area contributed by atoms with Crippen LogP contribution >= 0.6 is 15.9 Å². The first-order valence-corrected chi connectivity index (χ1v) is 20.7. The van der Waals surface area contributed by atoms with Gasteiger partial charge in [-0.25, -0.2) is 0 Å². The zero-order chi connectivity index (χ0) is 29.1. The molecule has 0 amide bonds. The van der Waals surface area contributed by atoms with Gasteiger partial charge in [-0.05, 0) is 133 Å². The Hall–Kier alpha value is 0.397. The molecule has 0 aliphatic heterocycles. The van der Waals surface area contributed by atoms with Crippen molar-refractivity contribution in [1.82, 2.24) is 0 Å². The van der Waals surface area contributed by atoms with Crippen molar-refractivity contribution >= 4 is 24.2 Å². The molecule has 8 atom stereocenters. The van der Waals surface area contributed by atoms with E-state index in [1.807, 2.05) is 5.57 Å². The maximum absolute atomic E-state index is 7.24. The Bertz CT molecular complexity index is 1000. The van der Waals surface area contributed by atoms with E-state index in [1.165, 1.54) is 69.5 Å². The van der Waals surface area contributed by atoms with Crippen LogP contribution in [0.3, 0.4) is 0 Å². The summed E-state index contributed by atoms with van der Waals surface area (Å²) < 4.78 is 7.24. The smallest absolute Gasteiger partial charge is 0.192 e. The molecule has 0 spiro atoms. The largest absolute Gasteiger partial charge is 0.413 e. The number of alkyl halides is 1. The van der Waals surface area contributed by atoms with Gasteiger partial charge in [-0.2, -0.15) is 0 Å². The predicted molar refractivity (Wildman–Crippen MR) is 175 cm³/mol.